The van der Waals surface area contributed by atoms with Crippen molar-refractivity contribution in [2.24, 2.45) is 0 Å². The summed E-state index contributed by atoms with van der Waals surface area (Å²) < 4.78 is 5.38. The summed E-state index contributed by atoms with van der Waals surface area (Å²) >= 11 is 17.9. The zero-order chi connectivity index (χ0) is 24.0. The average Bonchev–Trinajstić information content (AvgIpc) is 2.80. The molecule has 1 fully saturated rings. The molecule has 176 valence electrons. The Labute approximate surface area is 209 Å². The number of carbonyl (C=O) groups excluding carboxylic acids is 2. The van der Waals surface area contributed by atoms with E-state index in [-0.39, 0.29) is 16.9 Å². The Hall–Kier alpha value is -2.55. The van der Waals surface area contributed by atoms with Gasteiger partial charge in [-0.3, -0.25) is 14.9 Å². The summed E-state index contributed by atoms with van der Waals surface area (Å²) in [5.74, 6) is 0.299. The molecule has 2 aromatic rings. The number of hydrogen-bond acceptors (Lipinski definition) is 5. The number of benzene rings is 2. The number of amides is 2. The standard InChI is InChI=1S/C23H26Cl2N4O3S/c1-3-21(30)29-11-9-28(10-12-29)19-7-6-16(14-17(19)24)26-23(33)27-22(31)15-5-8-20(32-4-2)18(25)13-15/h5-8,13-14H,3-4,9-12H2,1-2H3,(H2,26,27,31,33). The maximum absolute atomic E-state index is 12.5. The van der Waals surface area contributed by atoms with Gasteiger partial charge in [0.25, 0.3) is 5.91 Å². The minimum atomic E-state index is -0.389. The van der Waals surface area contributed by atoms with Gasteiger partial charge in [-0.15, -0.1) is 0 Å². The summed E-state index contributed by atoms with van der Waals surface area (Å²) in [6.07, 6.45) is 0.517. The van der Waals surface area contributed by atoms with Crippen LogP contribution in [0.15, 0.2) is 36.4 Å². The molecule has 1 heterocycles. The number of rotatable bonds is 6. The quantitative estimate of drug-likeness (QED) is 0.556. The molecule has 33 heavy (non-hydrogen) atoms. The summed E-state index contributed by atoms with van der Waals surface area (Å²) in [7, 11) is 0. The number of nitrogens with one attached hydrogen (secondary N) is 2. The lowest BCUT2D eigenvalue weighted by atomic mass is 10.2. The van der Waals surface area contributed by atoms with Gasteiger partial charge in [0.05, 0.1) is 22.3 Å². The molecule has 0 aromatic heterocycles. The molecule has 0 bridgehead atoms. The van der Waals surface area contributed by atoms with Crippen molar-refractivity contribution >= 4 is 63.7 Å². The molecule has 0 spiro atoms. The highest BCUT2D eigenvalue weighted by Gasteiger charge is 2.21. The van der Waals surface area contributed by atoms with Crippen molar-refractivity contribution in [2.75, 3.05) is 43.0 Å². The first-order chi connectivity index (χ1) is 15.8. The van der Waals surface area contributed by atoms with E-state index in [1.807, 2.05) is 30.9 Å². The van der Waals surface area contributed by atoms with Crippen LogP contribution in [-0.2, 0) is 4.79 Å². The molecule has 1 saturated heterocycles. The molecule has 0 saturated carbocycles. The van der Waals surface area contributed by atoms with Crippen LogP contribution in [-0.4, -0.2) is 54.6 Å². The maximum atomic E-state index is 12.5. The summed E-state index contributed by atoms with van der Waals surface area (Å²) in [5.41, 5.74) is 1.91. The fraction of sp³-hybridized carbons (Fsp3) is 0.348. The molecule has 0 aliphatic carbocycles. The first-order valence-electron chi connectivity index (χ1n) is 10.7. The molecular weight excluding hydrogens is 483 g/mol. The van der Waals surface area contributed by atoms with E-state index in [2.05, 4.69) is 15.5 Å². The smallest absolute Gasteiger partial charge is 0.257 e. The Morgan fingerprint density at radius 1 is 1.03 bits per heavy atom. The third-order valence-corrected chi connectivity index (χ3v) is 6.00. The second-order valence-electron chi connectivity index (χ2n) is 7.37. The zero-order valence-electron chi connectivity index (χ0n) is 18.5. The average molecular weight is 509 g/mol. The van der Waals surface area contributed by atoms with Gasteiger partial charge in [-0.25, -0.2) is 0 Å². The van der Waals surface area contributed by atoms with Crippen molar-refractivity contribution in [1.82, 2.24) is 10.2 Å². The van der Waals surface area contributed by atoms with E-state index in [4.69, 9.17) is 40.2 Å². The van der Waals surface area contributed by atoms with E-state index in [1.54, 1.807) is 18.2 Å². The van der Waals surface area contributed by atoms with Crippen LogP contribution in [0.1, 0.15) is 30.6 Å². The van der Waals surface area contributed by atoms with E-state index < -0.39 is 0 Å². The van der Waals surface area contributed by atoms with Gasteiger partial charge in [0.15, 0.2) is 5.11 Å². The van der Waals surface area contributed by atoms with Crippen molar-refractivity contribution < 1.29 is 14.3 Å². The van der Waals surface area contributed by atoms with E-state index in [0.717, 1.165) is 18.8 Å². The highest BCUT2D eigenvalue weighted by atomic mass is 35.5. The summed E-state index contributed by atoms with van der Waals surface area (Å²) in [6.45, 7) is 7.00. The minimum absolute atomic E-state index is 0.139. The summed E-state index contributed by atoms with van der Waals surface area (Å²) in [5, 5.41) is 6.66. The van der Waals surface area contributed by atoms with Gasteiger partial charge in [0, 0.05) is 43.9 Å². The molecule has 1 aliphatic rings. The molecule has 2 N–H and O–H groups in total. The number of carbonyl (C=O) groups is 2. The third-order valence-electron chi connectivity index (χ3n) is 5.20. The van der Waals surface area contributed by atoms with Crippen molar-refractivity contribution in [3.63, 3.8) is 0 Å². The van der Waals surface area contributed by atoms with Gasteiger partial charge in [0.1, 0.15) is 5.75 Å². The van der Waals surface area contributed by atoms with E-state index in [9.17, 15) is 9.59 Å². The van der Waals surface area contributed by atoms with Gasteiger partial charge in [-0.2, -0.15) is 0 Å². The number of hydrogen-bond donors (Lipinski definition) is 2. The van der Waals surface area contributed by atoms with E-state index >= 15 is 0 Å². The summed E-state index contributed by atoms with van der Waals surface area (Å²) in [4.78, 5) is 28.4. The normalized spacial score (nSPS) is 13.5. The fourth-order valence-electron chi connectivity index (χ4n) is 3.51. The van der Waals surface area contributed by atoms with E-state index in [0.29, 0.717) is 53.2 Å². The third kappa shape index (κ3) is 6.50. The van der Waals surface area contributed by atoms with Crippen molar-refractivity contribution in [1.29, 1.82) is 0 Å². The Balaban J connectivity index is 1.57. The largest absolute Gasteiger partial charge is 0.492 e. The lowest BCUT2D eigenvalue weighted by Crippen LogP contribution is -2.48. The number of halogens is 2. The molecule has 0 radical (unpaired) electrons. The second-order valence-corrected chi connectivity index (χ2v) is 8.60. The van der Waals surface area contributed by atoms with Crippen LogP contribution in [0.25, 0.3) is 0 Å². The molecule has 0 atom stereocenters. The molecule has 2 amide bonds. The Bertz CT molecular complexity index is 1040. The van der Waals surface area contributed by atoms with Crippen LogP contribution in [0.5, 0.6) is 5.75 Å². The van der Waals surface area contributed by atoms with Gasteiger partial charge < -0.3 is 19.9 Å². The first-order valence-corrected chi connectivity index (χ1v) is 11.9. The van der Waals surface area contributed by atoms with Gasteiger partial charge in [-0.05, 0) is 55.5 Å². The SMILES string of the molecule is CCOc1ccc(C(=O)NC(=S)Nc2ccc(N3CCN(C(=O)CC)CC3)c(Cl)c2)cc1Cl. The van der Waals surface area contributed by atoms with Crippen LogP contribution in [0.2, 0.25) is 10.0 Å². The van der Waals surface area contributed by atoms with Crippen molar-refractivity contribution in [2.45, 2.75) is 20.3 Å². The molecule has 2 aromatic carbocycles. The molecule has 0 unspecified atom stereocenters. The van der Waals surface area contributed by atoms with Crippen LogP contribution in [0, 0.1) is 0 Å². The zero-order valence-corrected chi connectivity index (χ0v) is 20.8. The molecule has 7 nitrogen and oxygen atoms in total. The highest BCUT2D eigenvalue weighted by molar-refractivity contribution is 7.80. The topological polar surface area (TPSA) is 73.9 Å². The first kappa shape index (κ1) is 25.1. The molecule has 1 aliphatic heterocycles. The Morgan fingerprint density at radius 3 is 2.36 bits per heavy atom. The monoisotopic (exact) mass is 508 g/mol. The van der Waals surface area contributed by atoms with Crippen molar-refractivity contribution in [3.8, 4) is 5.75 Å². The van der Waals surface area contributed by atoms with Gasteiger partial charge in [0.2, 0.25) is 5.91 Å². The lowest BCUT2D eigenvalue weighted by molar-refractivity contribution is -0.131. The second kappa shape index (κ2) is 11.5. The summed E-state index contributed by atoms with van der Waals surface area (Å²) in [6, 6.07) is 10.3. The number of thiocarbonyl (C=S) groups is 1. The predicted molar refractivity (Wildman–Crippen MR) is 137 cm³/mol. The van der Waals surface area contributed by atoms with Crippen molar-refractivity contribution in [3.05, 3.63) is 52.0 Å². The van der Waals surface area contributed by atoms with Gasteiger partial charge in [-0.1, -0.05) is 30.1 Å². The predicted octanol–water partition coefficient (Wildman–Crippen LogP) is 4.58. The van der Waals surface area contributed by atoms with E-state index in [1.165, 1.54) is 6.07 Å². The lowest BCUT2D eigenvalue weighted by Gasteiger charge is -2.36. The molecule has 10 heteroatoms. The van der Waals surface area contributed by atoms with Crippen LogP contribution < -0.4 is 20.3 Å². The number of piperazine rings is 1. The fourth-order valence-corrected chi connectivity index (χ4v) is 4.26. The Kier molecular flexibility index (Phi) is 8.77. The minimum Gasteiger partial charge on any atom is -0.492 e. The number of nitrogens with zero attached hydrogens (tertiary/aromatic N) is 2. The highest BCUT2D eigenvalue weighted by Crippen LogP contribution is 2.30. The Morgan fingerprint density at radius 2 is 1.76 bits per heavy atom. The van der Waals surface area contributed by atoms with Crippen LogP contribution in [0.4, 0.5) is 11.4 Å². The maximum Gasteiger partial charge on any atom is 0.257 e. The number of ether oxygens (including phenoxy) is 1. The number of anilines is 2. The van der Waals surface area contributed by atoms with Gasteiger partial charge >= 0.3 is 0 Å². The van der Waals surface area contributed by atoms with Crippen LogP contribution >= 0.6 is 35.4 Å². The molecular formula is C23H26Cl2N4O3S. The van der Waals surface area contributed by atoms with Crippen LogP contribution in [0.3, 0.4) is 0 Å². The molecule has 3 rings (SSSR count).